The number of hydrogen-bond acceptors (Lipinski definition) is 4. The van der Waals surface area contributed by atoms with E-state index in [1.807, 2.05) is 0 Å². The van der Waals surface area contributed by atoms with Crippen LogP contribution in [0.15, 0.2) is 0 Å². The van der Waals surface area contributed by atoms with Crippen LogP contribution in [0.1, 0.15) is 27.2 Å². The zero-order chi connectivity index (χ0) is 17.1. The predicted octanol–water partition coefficient (Wildman–Crippen LogP) is 1.57. The molecule has 128 valence electrons. The third-order valence-electron chi connectivity index (χ3n) is 3.67. The van der Waals surface area contributed by atoms with Crippen LogP contribution < -0.4 is 0 Å². The lowest BCUT2D eigenvalue weighted by molar-refractivity contribution is -0.183. The highest BCUT2D eigenvalue weighted by Crippen LogP contribution is 2.44. The zero-order valence-corrected chi connectivity index (χ0v) is 13.5. The Morgan fingerprint density at radius 3 is 2.18 bits per heavy atom. The van der Waals surface area contributed by atoms with Gasteiger partial charge in [-0.1, -0.05) is 0 Å². The molecule has 2 aliphatic rings. The molecule has 10 heteroatoms. The summed E-state index contributed by atoms with van der Waals surface area (Å²) in [5.74, 6) is 0. The number of likely N-dealkylation sites (tertiary alicyclic amines) is 1. The maximum atomic E-state index is 13.3. The lowest BCUT2D eigenvalue weighted by Gasteiger charge is -2.40. The lowest BCUT2D eigenvalue weighted by Crippen LogP contribution is -2.61. The van der Waals surface area contributed by atoms with Crippen LogP contribution in [0.5, 0.6) is 0 Å². The highest BCUT2D eigenvalue weighted by Gasteiger charge is 2.64. The summed E-state index contributed by atoms with van der Waals surface area (Å²) >= 11 is 0. The lowest BCUT2D eigenvalue weighted by atomic mass is 10.1. The second-order valence-corrected chi connectivity index (χ2v) is 8.56. The Morgan fingerprint density at radius 2 is 1.77 bits per heavy atom. The van der Waals surface area contributed by atoms with Crippen molar-refractivity contribution in [1.82, 2.24) is 9.21 Å². The minimum atomic E-state index is -4.75. The Bertz CT molecular complexity index is 570. The highest BCUT2D eigenvalue weighted by atomic mass is 32.2. The quantitative estimate of drug-likeness (QED) is 0.724. The Morgan fingerprint density at radius 1 is 1.23 bits per heavy atom. The van der Waals surface area contributed by atoms with Crippen LogP contribution in [0.25, 0.3) is 0 Å². The van der Waals surface area contributed by atoms with Gasteiger partial charge < -0.3 is 9.64 Å². The molecule has 0 spiro atoms. The van der Waals surface area contributed by atoms with Gasteiger partial charge in [0.1, 0.15) is 11.6 Å². The Labute approximate surface area is 127 Å². The third kappa shape index (κ3) is 3.17. The van der Waals surface area contributed by atoms with E-state index >= 15 is 0 Å². The van der Waals surface area contributed by atoms with E-state index in [9.17, 15) is 26.4 Å². The summed E-state index contributed by atoms with van der Waals surface area (Å²) in [6.45, 7) is 4.76. The van der Waals surface area contributed by atoms with Crippen LogP contribution in [0.2, 0.25) is 0 Å². The number of amides is 1. The Balaban J connectivity index is 2.29. The van der Waals surface area contributed by atoms with E-state index in [1.54, 1.807) is 20.8 Å². The smallest absolute Gasteiger partial charge is 0.410 e. The molecule has 2 bridgehead atoms. The van der Waals surface area contributed by atoms with Crippen LogP contribution >= 0.6 is 0 Å². The molecule has 0 aromatic rings. The number of nitrogens with zero attached hydrogens (tertiary/aromatic N) is 2. The number of sulfonamides is 1. The number of carbonyl (C=O) groups excluding carboxylic acids is 1. The number of fused-ring (bicyclic) bond motifs is 2. The minimum absolute atomic E-state index is 0.0313. The molecule has 3 unspecified atom stereocenters. The van der Waals surface area contributed by atoms with E-state index < -0.39 is 46.0 Å². The molecule has 0 N–H and O–H groups in total. The first-order chi connectivity index (χ1) is 9.72. The number of piperazine rings is 1. The molecule has 3 atom stereocenters. The predicted molar refractivity (Wildman–Crippen MR) is 71.7 cm³/mol. The number of hydrogen-bond donors (Lipinski definition) is 0. The fourth-order valence-electron chi connectivity index (χ4n) is 3.09. The normalized spacial score (nSPS) is 30.0. The summed E-state index contributed by atoms with van der Waals surface area (Å²) in [5, 5.41) is 0. The van der Waals surface area contributed by atoms with Crippen molar-refractivity contribution in [2.75, 3.05) is 12.8 Å². The van der Waals surface area contributed by atoms with E-state index in [0.29, 0.717) is 4.31 Å². The van der Waals surface area contributed by atoms with E-state index in [1.165, 1.54) is 0 Å². The average Bonchev–Trinajstić information content (AvgIpc) is 2.80. The third-order valence-corrected chi connectivity index (χ3v) is 4.96. The van der Waals surface area contributed by atoms with Crippen LogP contribution in [-0.2, 0) is 14.8 Å². The molecular formula is C12H19F3N2O4S. The number of halogens is 3. The second kappa shape index (κ2) is 4.98. The first-order valence-corrected chi connectivity index (χ1v) is 8.61. The van der Waals surface area contributed by atoms with Gasteiger partial charge in [0.2, 0.25) is 10.0 Å². The first-order valence-electron chi connectivity index (χ1n) is 6.76. The fourth-order valence-corrected chi connectivity index (χ4v) is 4.46. The summed E-state index contributed by atoms with van der Waals surface area (Å²) in [5.41, 5.74) is -0.830. The molecule has 2 saturated heterocycles. The van der Waals surface area contributed by atoms with Gasteiger partial charge >= 0.3 is 12.3 Å². The number of alkyl halides is 3. The molecule has 1 amide bonds. The Hall–Kier alpha value is -1.03. The van der Waals surface area contributed by atoms with Crippen molar-refractivity contribution >= 4 is 16.1 Å². The van der Waals surface area contributed by atoms with Crippen LogP contribution in [0, 0.1) is 0 Å². The molecule has 0 saturated carbocycles. The zero-order valence-electron chi connectivity index (χ0n) is 12.7. The maximum Gasteiger partial charge on any atom is 0.410 e. The standard InChI is InChI=1S/C12H19F3N2O4S/c1-11(2,3)21-10(18)16-6-7-5-8(16)9(12(13,14)15)17(7)22(4,19)20/h7-9H,5-6H2,1-4H3. The van der Waals surface area contributed by atoms with Crippen molar-refractivity contribution < 1.29 is 31.1 Å². The van der Waals surface area contributed by atoms with Gasteiger partial charge in [-0.25, -0.2) is 13.2 Å². The van der Waals surface area contributed by atoms with Crippen LogP contribution in [-0.4, -0.2) is 66.4 Å². The largest absolute Gasteiger partial charge is 0.444 e. The minimum Gasteiger partial charge on any atom is -0.444 e. The molecule has 2 heterocycles. The summed E-state index contributed by atoms with van der Waals surface area (Å²) in [7, 11) is -4.02. The van der Waals surface area contributed by atoms with E-state index in [0.717, 1.165) is 11.2 Å². The molecule has 22 heavy (non-hydrogen) atoms. The van der Waals surface area contributed by atoms with Gasteiger partial charge in [0.05, 0.1) is 12.3 Å². The van der Waals surface area contributed by atoms with Crippen LogP contribution in [0.4, 0.5) is 18.0 Å². The Kier molecular flexibility index (Phi) is 3.93. The average molecular weight is 344 g/mol. The van der Waals surface area contributed by atoms with Crippen molar-refractivity contribution in [1.29, 1.82) is 0 Å². The van der Waals surface area contributed by atoms with E-state index in [-0.39, 0.29) is 13.0 Å². The first kappa shape index (κ1) is 17.3. The molecular weight excluding hydrogens is 325 g/mol. The van der Waals surface area contributed by atoms with Gasteiger partial charge in [-0.15, -0.1) is 0 Å². The van der Waals surface area contributed by atoms with Gasteiger partial charge in [0.25, 0.3) is 0 Å². The molecule has 0 aromatic heterocycles. The summed E-state index contributed by atoms with van der Waals surface area (Å²) in [6, 6.07) is -4.32. The molecule has 0 aromatic carbocycles. The van der Waals surface area contributed by atoms with Crippen LogP contribution in [0.3, 0.4) is 0 Å². The van der Waals surface area contributed by atoms with Gasteiger partial charge in [-0.3, -0.25) is 0 Å². The van der Waals surface area contributed by atoms with Gasteiger partial charge in [-0.05, 0) is 27.2 Å². The van der Waals surface area contributed by atoms with Crippen molar-refractivity contribution in [3.8, 4) is 0 Å². The summed E-state index contributed by atoms with van der Waals surface area (Å²) in [4.78, 5) is 13.0. The molecule has 2 rings (SSSR count). The molecule has 0 aliphatic carbocycles. The van der Waals surface area contributed by atoms with Crippen molar-refractivity contribution in [3.05, 3.63) is 0 Å². The van der Waals surface area contributed by atoms with Gasteiger partial charge in [0, 0.05) is 12.6 Å². The fraction of sp³-hybridized carbons (Fsp3) is 0.917. The van der Waals surface area contributed by atoms with Gasteiger partial charge in [-0.2, -0.15) is 17.5 Å². The second-order valence-electron chi connectivity index (χ2n) is 6.67. The van der Waals surface area contributed by atoms with E-state index in [2.05, 4.69) is 0 Å². The van der Waals surface area contributed by atoms with E-state index in [4.69, 9.17) is 4.74 Å². The maximum absolute atomic E-state index is 13.3. The molecule has 2 aliphatic heterocycles. The van der Waals surface area contributed by atoms with Crippen molar-refractivity contribution in [2.45, 2.75) is 57.1 Å². The molecule has 0 radical (unpaired) electrons. The topological polar surface area (TPSA) is 66.9 Å². The number of carbonyl (C=O) groups is 1. The van der Waals surface area contributed by atoms with Crippen molar-refractivity contribution in [2.24, 2.45) is 0 Å². The summed E-state index contributed by atoms with van der Waals surface area (Å²) < 4.78 is 68.8. The molecule has 6 nitrogen and oxygen atoms in total. The SMILES string of the molecule is CC(C)(C)OC(=O)N1CC2CC1C(C(F)(F)F)N2S(C)(=O)=O. The van der Waals surface area contributed by atoms with Crippen molar-refractivity contribution in [3.63, 3.8) is 0 Å². The summed E-state index contributed by atoms with van der Waals surface area (Å²) in [6.07, 6.45) is -4.87. The van der Waals surface area contributed by atoms with Gasteiger partial charge in [0.15, 0.2) is 0 Å². The number of ether oxygens (including phenoxy) is 1. The number of rotatable bonds is 1. The molecule has 2 fully saturated rings. The monoisotopic (exact) mass is 344 g/mol. The highest BCUT2D eigenvalue weighted by molar-refractivity contribution is 7.88.